The van der Waals surface area contributed by atoms with Gasteiger partial charge in [0.05, 0.1) is 6.04 Å². The average molecular weight is 511 g/mol. The van der Waals surface area contributed by atoms with E-state index in [1.54, 1.807) is 0 Å². The summed E-state index contributed by atoms with van der Waals surface area (Å²) in [7, 11) is 0. The van der Waals surface area contributed by atoms with Gasteiger partial charge in [-0.05, 0) is 104 Å². The van der Waals surface area contributed by atoms with Crippen molar-refractivity contribution in [2.45, 2.75) is 77.3 Å². The van der Waals surface area contributed by atoms with Gasteiger partial charge in [-0.1, -0.05) is 55.7 Å². The molecule has 1 aliphatic heterocycles. The highest BCUT2D eigenvalue weighted by Gasteiger charge is 2.35. The number of benzene rings is 2. The molecule has 0 unspecified atom stereocenters. The largest absolute Gasteiger partial charge is 0.322 e. The lowest BCUT2D eigenvalue weighted by Gasteiger charge is -2.37. The van der Waals surface area contributed by atoms with E-state index in [4.69, 9.17) is 0 Å². The van der Waals surface area contributed by atoms with Crippen LogP contribution in [0.3, 0.4) is 0 Å². The van der Waals surface area contributed by atoms with Crippen LogP contribution in [0.25, 0.3) is 10.9 Å². The van der Waals surface area contributed by atoms with Crippen LogP contribution in [-0.4, -0.2) is 43.2 Å². The predicted octanol–water partition coefficient (Wildman–Crippen LogP) is 5.68. The molecule has 0 amide bonds. The number of tetrazole rings is 1. The van der Waals surface area contributed by atoms with Crippen molar-refractivity contribution in [1.29, 1.82) is 0 Å². The predicted molar refractivity (Wildman–Crippen MR) is 150 cm³/mol. The minimum atomic E-state index is -0.265. The maximum absolute atomic E-state index is 13.7. The Morgan fingerprint density at radius 1 is 0.974 bits per heavy atom. The molecule has 6 rings (SSSR count). The highest BCUT2D eigenvalue weighted by Crippen LogP contribution is 2.35. The lowest BCUT2D eigenvalue weighted by Crippen LogP contribution is -2.41. The van der Waals surface area contributed by atoms with Gasteiger partial charge in [0.25, 0.3) is 5.56 Å². The molecule has 0 bridgehead atoms. The number of hydrogen-bond donors (Lipinski definition) is 1. The molecule has 3 heterocycles. The molecular weight excluding hydrogens is 472 g/mol. The monoisotopic (exact) mass is 510 g/mol. The standard InChI is InChI=1S/C31H38N6O/c1-21-17-22(2)26-20-27(31(38)32-28(26)18-21)29(30-33-34-35-37(30)25-11-7-4-8-12-25)36-15-13-24(14-16-36)19-23-9-5-3-6-10-23/h3,5-6,9-10,17-18,20,24-25,29H,4,7-8,11-16,19H2,1-2H3,(H,32,38)/t29-/m0/s1. The lowest BCUT2D eigenvalue weighted by atomic mass is 9.88. The Balaban J connectivity index is 1.37. The fraction of sp³-hybridized carbons (Fsp3) is 0.484. The molecule has 2 aromatic heterocycles. The van der Waals surface area contributed by atoms with Gasteiger partial charge in [-0.3, -0.25) is 9.69 Å². The number of rotatable bonds is 6. The number of aryl methyl sites for hydroxylation is 2. The molecule has 0 radical (unpaired) electrons. The summed E-state index contributed by atoms with van der Waals surface area (Å²) in [4.78, 5) is 19.3. The molecule has 7 nitrogen and oxygen atoms in total. The fourth-order valence-corrected chi connectivity index (χ4v) is 6.72. The first-order valence-corrected chi connectivity index (χ1v) is 14.3. The Morgan fingerprint density at radius 2 is 1.74 bits per heavy atom. The van der Waals surface area contributed by atoms with Crippen molar-refractivity contribution in [2.24, 2.45) is 5.92 Å². The van der Waals surface area contributed by atoms with E-state index >= 15 is 0 Å². The highest BCUT2D eigenvalue weighted by atomic mass is 16.1. The Hall–Kier alpha value is -3.32. The molecular formula is C31H38N6O. The van der Waals surface area contributed by atoms with E-state index in [2.05, 4.69) is 87.8 Å². The van der Waals surface area contributed by atoms with Crippen molar-refractivity contribution in [2.75, 3.05) is 13.1 Å². The van der Waals surface area contributed by atoms with Crippen molar-refractivity contribution in [1.82, 2.24) is 30.1 Å². The molecule has 1 aliphatic carbocycles. The number of pyridine rings is 1. The molecule has 38 heavy (non-hydrogen) atoms. The molecule has 198 valence electrons. The van der Waals surface area contributed by atoms with Gasteiger partial charge in [0, 0.05) is 16.5 Å². The Morgan fingerprint density at radius 3 is 2.50 bits per heavy atom. The SMILES string of the molecule is Cc1cc(C)c2cc([C@@H](c3nnnn3C3CCCCC3)N3CCC(Cc4ccccc4)CC3)c(=O)[nH]c2c1. The zero-order chi connectivity index (χ0) is 26.1. The van der Waals surface area contributed by atoms with Crippen molar-refractivity contribution in [3.05, 3.63) is 87.0 Å². The third kappa shape index (κ3) is 5.04. The summed E-state index contributed by atoms with van der Waals surface area (Å²) in [5, 5.41) is 14.3. The highest BCUT2D eigenvalue weighted by molar-refractivity contribution is 5.83. The molecule has 4 aromatic rings. The number of nitrogens with zero attached hydrogens (tertiary/aromatic N) is 5. The maximum Gasteiger partial charge on any atom is 0.253 e. The Bertz CT molecular complexity index is 1440. The summed E-state index contributed by atoms with van der Waals surface area (Å²) in [6.45, 7) is 6.03. The number of fused-ring (bicyclic) bond motifs is 1. The number of hydrogen-bond acceptors (Lipinski definition) is 5. The van der Waals surface area contributed by atoms with Gasteiger partial charge in [-0.25, -0.2) is 4.68 Å². The van der Waals surface area contributed by atoms with Gasteiger partial charge in [0.2, 0.25) is 0 Å². The summed E-state index contributed by atoms with van der Waals surface area (Å²) in [5.74, 6) is 1.46. The second-order valence-electron chi connectivity index (χ2n) is 11.4. The van der Waals surface area contributed by atoms with Crippen molar-refractivity contribution >= 4 is 10.9 Å². The number of likely N-dealkylation sites (tertiary alicyclic amines) is 1. The van der Waals surface area contributed by atoms with Crippen LogP contribution in [0, 0.1) is 19.8 Å². The van der Waals surface area contributed by atoms with E-state index in [-0.39, 0.29) is 11.6 Å². The molecule has 1 saturated heterocycles. The van der Waals surface area contributed by atoms with Crippen molar-refractivity contribution in [3.8, 4) is 0 Å². The lowest BCUT2D eigenvalue weighted by molar-refractivity contribution is 0.140. The van der Waals surface area contributed by atoms with E-state index < -0.39 is 0 Å². The van der Waals surface area contributed by atoms with E-state index in [1.807, 2.05) is 4.68 Å². The minimum absolute atomic E-state index is 0.0443. The zero-order valence-electron chi connectivity index (χ0n) is 22.6. The molecule has 2 fully saturated rings. The topological polar surface area (TPSA) is 79.7 Å². The molecule has 1 atom stereocenters. The first kappa shape index (κ1) is 25.0. The summed E-state index contributed by atoms with van der Waals surface area (Å²) in [6.07, 6.45) is 9.17. The summed E-state index contributed by atoms with van der Waals surface area (Å²) in [5.41, 5.74) is 5.32. The van der Waals surface area contributed by atoms with Gasteiger partial charge in [-0.2, -0.15) is 0 Å². The van der Waals surface area contributed by atoms with Crippen LogP contribution in [-0.2, 0) is 6.42 Å². The number of aromatic nitrogens is 5. The molecule has 7 heteroatoms. The van der Waals surface area contributed by atoms with Crippen LogP contribution in [0.2, 0.25) is 0 Å². The smallest absolute Gasteiger partial charge is 0.253 e. The molecule has 1 N–H and O–H groups in total. The minimum Gasteiger partial charge on any atom is -0.322 e. The van der Waals surface area contributed by atoms with Gasteiger partial charge in [0.1, 0.15) is 6.04 Å². The summed E-state index contributed by atoms with van der Waals surface area (Å²) >= 11 is 0. The molecule has 2 aromatic carbocycles. The van der Waals surface area contributed by atoms with Crippen LogP contribution < -0.4 is 5.56 Å². The molecule has 1 saturated carbocycles. The first-order chi connectivity index (χ1) is 18.6. The van der Waals surface area contributed by atoms with Crippen LogP contribution in [0.15, 0.2) is 53.3 Å². The van der Waals surface area contributed by atoms with Gasteiger partial charge >= 0.3 is 0 Å². The maximum atomic E-state index is 13.7. The van der Waals surface area contributed by atoms with Crippen LogP contribution in [0.1, 0.15) is 85.1 Å². The van der Waals surface area contributed by atoms with E-state index in [0.717, 1.165) is 73.0 Å². The third-order valence-electron chi connectivity index (χ3n) is 8.70. The second-order valence-corrected chi connectivity index (χ2v) is 11.4. The zero-order valence-corrected chi connectivity index (χ0v) is 22.6. The second kappa shape index (κ2) is 10.8. The summed E-state index contributed by atoms with van der Waals surface area (Å²) in [6, 6.07) is 17.2. The third-order valence-corrected chi connectivity index (χ3v) is 8.70. The Labute approximate surface area is 224 Å². The first-order valence-electron chi connectivity index (χ1n) is 14.3. The normalized spacial score (nSPS) is 18.7. The van der Waals surface area contributed by atoms with E-state index in [9.17, 15) is 4.79 Å². The molecule has 0 spiro atoms. The van der Waals surface area contributed by atoms with Gasteiger partial charge in [0.15, 0.2) is 5.82 Å². The quantitative estimate of drug-likeness (QED) is 0.361. The van der Waals surface area contributed by atoms with Gasteiger partial charge < -0.3 is 4.98 Å². The number of aromatic amines is 1. The van der Waals surface area contributed by atoms with Crippen molar-refractivity contribution in [3.63, 3.8) is 0 Å². The fourth-order valence-electron chi connectivity index (χ4n) is 6.72. The number of nitrogens with one attached hydrogen (secondary N) is 1. The Kier molecular flexibility index (Phi) is 7.11. The average Bonchev–Trinajstić information content (AvgIpc) is 3.41. The van der Waals surface area contributed by atoms with Crippen LogP contribution in [0.4, 0.5) is 0 Å². The van der Waals surface area contributed by atoms with E-state index in [1.165, 1.54) is 30.4 Å². The van der Waals surface area contributed by atoms with Crippen LogP contribution in [0.5, 0.6) is 0 Å². The number of piperidine rings is 1. The van der Waals surface area contributed by atoms with E-state index in [0.29, 0.717) is 12.0 Å². The molecule has 2 aliphatic rings. The van der Waals surface area contributed by atoms with Crippen LogP contribution >= 0.6 is 0 Å². The number of H-pyrrole nitrogens is 1. The van der Waals surface area contributed by atoms with Gasteiger partial charge in [-0.15, -0.1) is 5.10 Å². The van der Waals surface area contributed by atoms with Crippen molar-refractivity contribution < 1.29 is 0 Å². The summed E-state index contributed by atoms with van der Waals surface area (Å²) < 4.78 is 2.05.